The second-order valence-electron chi connectivity index (χ2n) is 4.51. The number of hydrogen-bond acceptors (Lipinski definition) is 2. The largest absolute Gasteiger partial charge is 0.545 e. The number of para-hydroxylation sites is 2. The van der Waals surface area contributed by atoms with Crippen LogP contribution in [0.4, 0.5) is 0 Å². The fourth-order valence-corrected chi connectivity index (χ4v) is 2.43. The monoisotopic (exact) mass is 250 g/mol. The molecular formula is C16H12NO2-. The number of carbonyl (C=O) groups excluding carboxylic acids is 1. The standard InChI is InChI=1S/C16H13NO2/c1-11(16(18)19)10-17-14-8-4-2-6-12(14)13-7-3-5-9-15(13)17/h2-9H,1,10H2,(H,18,19)/p-1. The van der Waals surface area contributed by atoms with Crippen LogP contribution in [0.1, 0.15) is 0 Å². The van der Waals surface area contributed by atoms with Crippen molar-refractivity contribution in [2.24, 2.45) is 0 Å². The molecule has 0 spiro atoms. The van der Waals surface area contributed by atoms with E-state index in [1.807, 2.05) is 53.1 Å². The normalized spacial score (nSPS) is 10.9. The van der Waals surface area contributed by atoms with E-state index in [4.69, 9.17) is 0 Å². The van der Waals surface area contributed by atoms with Gasteiger partial charge in [0.1, 0.15) is 0 Å². The van der Waals surface area contributed by atoms with E-state index in [2.05, 4.69) is 6.58 Å². The highest BCUT2D eigenvalue weighted by Gasteiger charge is 2.10. The molecule has 0 amide bonds. The van der Waals surface area contributed by atoms with Crippen LogP contribution in [0.15, 0.2) is 60.7 Å². The number of carbonyl (C=O) groups is 1. The van der Waals surface area contributed by atoms with Crippen molar-refractivity contribution in [2.45, 2.75) is 6.54 Å². The van der Waals surface area contributed by atoms with Gasteiger partial charge in [0, 0.05) is 28.4 Å². The molecule has 0 aliphatic rings. The van der Waals surface area contributed by atoms with Gasteiger partial charge in [-0.15, -0.1) is 0 Å². The molecule has 0 bridgehead atoms. The number of aliphatic carboxylic acids is 1. The molecule has 3 nitrogen and oxygen atoms in total. The molecule has 0 saturated carbocycles. The smallest absolute Gasteiger partial charge is 0.0687 e. The second-order valence-corrected chi connectivity index (χ2v) is 4.51. The van der Waals surface area contributed by atoms with Crippen LogP contribution in [0.25, 0.3) is 21.8 Å². The van der Waals surface area contributed by atoms with Gasteiger partial charge in [-0.3, -0.25) is 0 Å². The number of benzene rings is 2. The molecule has 94 valence electrons. The summed E-state index contributed by atoms with van der Waals surface area (Å²) in [6.07, 6.45) is 0. The molecule has 0 N–H and O–H groups in total. The number of fused-ring (bicyclic) bond motifs is 3. The van der Waals surface area contributed by atoms with Crippen LogP contribution in [0.5, 0.6) is 0 Å². The summed E-state index contributed by atoms with van der Waals surface area (Å²) in [5.41, 5.74) is 2.09. The quantitative estimate of drug-likeness (QED) is 0.668. The van der Waals surface area contributed by atoms with Crippen molar-refractivity contribution in [2.75, 3.05) is 0 Å². The number of carboxylic acids is 1. The highest BCUT2D eigenvalue weighted by molar-refractivity contribution is 6.08. The van der Waals surface area contributed by atoms with Crippen LogP contribution >= 0.6 is 0 Å². The highest BCUT2D eigenvalue weighted by atomic mass is 16.4. The molecule has 0 radical (unpaired) electrons. The number of rotatable bonds is 3. The van der Waals surface area contributed by atoms with Crippen LogP contribution in [0.2, 0.25) is 0 Å². The Morgan fingerprint density at radius 3 is 1.95 bits per heavy atom. The Labute approximate surface area is 110 Å². The Morgan fingerprint density at radius 2 is 1.47 bits per heavy atom. The zero-order chi connectivity index (χ0) is 13.4. The van der Waals surface area contributed by atoms with Crippen molar-refractivity contribution in [1.29, 1.82) is 0 Å². The summed E-state index contributed by atoms with van der Waals surface area (Å²) in [4.78, 5) is 10.9. The number of hydrogen-bond donors (Lipinski definition) is 0. The number of carboxylic acid groups (broad SMARTS) is 1. The molecule has 0 saturated heterocycles. The van der Waals surface area contributed by atoms with Crippen LogP contribution in [-0.2, 0) is 11.3 Å². The van der Waals surface area contributed by atoms with Gasteiger partial charge in [-0.25, -0.2) is 0 Å². The molecule has 0 atom stereocenters. The average Bonchev–Trinajstić information content (AvgIpc) is 2.74. The van der Waals surface area contributed by atoms with E-state index in [0.29, 0.717) is 0 Å². The van der Waals surface area contributed by atoms with Crippen molar-refractivity contribution < 1.29 is 9.90 Å². The molecule has 0 aliphatic heterocycles. The van der Waals surface area contributed by atoms with Crippen LogP contribution < -0.4 is 5.11 Å². The van der Waals surface area contributed by atoms with Gasteiger partial charge in [0.05, 0.1) is 5.97 Å². The van der Waals surface area contributed by atoms with Crippen LogP contribution in [0, 0.1) is 0 Å². The van der Waals surface area contributed by atoms with E-state index >= 15 is 0 Å². The first-order chi connectivity index (χ1) is 9.18. The summed E-state index contributed by atoms with van der Waals surface area (Å²) < 4.78 is 1.96. The van der Waals surface area contributed by atoms with Gasteiger partial charge >= 0.3 is 0 Å². The topological polar surface area (TPSA) is 45.1 Å². The van der Waals surface area contributed by atoms with Gasteiger partial charge in [-0.05, 0) is 17.7 Å². The zero-order valence-corrected chi connectivity index (χ0v) is 10.3. The van der Waals surface area contributed by atoms with E-state index < -0.39 is 5.97 Å². The number of nitrogens with zero attached hydrogens (tertiary/aromatic N) is 1. The molecule has 3 heteroatoms. The van der Waals surface area contributed by atoms with Gasteiger partial charge in [0.2, 0.25) is 0 Å². The molecule has 19 heavy (non-hydrogen) atoms. The van der Waals surface area contributed by atoms with E-state index in [1.54, 1.807) is 0 Å². The average molecular weight is 250 g/mol. The van der Waals surface area contributed by atoms with Gasteiger partial charge < -0.3 is 14.5 Å². The maximum absolute atomic E-state index is 10.9. The van der Waals surface area contributed by atoms with Crippen molar-refractivity contribution in [3.05, 3.63) is 60.7 Å². The number of aromatic nitrogens is 1. The van der Waals surface area contributed by atoms with Crippen LogP contribution in [0.3, 0.4) is 0 Å². The molecule has 0 unspecified atom stereocenters. The maximum Gasteiger partial charge on any atom is 0.0687 e. The lowest BCUT2D eigenvalue weighted by Gasteiger charge is -2.10. The molecule has 0 aliphatic carbocycles. The summed E-state index contributed by atoms with van der Waals surface area (Å²) in [6.45, 7) is 3.79. The van der Waals surface area contributed by atoms with E-state index in [-0.39, 0.29) is 12.1 Å². The summed E-state index contributed by atoms with van der Waals surface area (Å²) in [6, 6.07) is 15.9. The first-order valence-electron chi connectivity index (χ1n) is 6.03. The highest BCUT2D eigenvalue weighted by Crippen LogP contribution is 2.29. The third-order valence-corrected chi connectivity index (χ3v) is 3.32. The Kier molecular flexibility index (Phi) is 2.60. The van der Waals surface area contributed by atoms with E-state index in [0.717, 1.165) is 21.8 Å². The summed E-state index contributed by atoms with van der Waals surface area (Å²) >= 11 is 0. The molecule has 3 rings (SSSR count). The minimum atomic E-state index is -1.21. The molecule has 3 aromatic rings. The SMILES string of the molecule is C=C(Cn1c2ccccc2c2ccccc21)C(=O)[O-]. The van der Waals surface area contributed by atoms with Gasteiger partial charge in [0.15, 0.2) is 0 Å². The first kappa shape index (κ1) is 11.5. The Bertz CT molecular complexity index is 745. The van der Waals surface area contributed by atoms with Crippen molar-refractivity contribution in [3.63, 3.8) is 0 Å². The lowest BCUT2D eigenvalue weighted by Crippen LogP contribution is -2.26. The Hall–Kier alpha value is -2.55. The summed E-state index contributed by atoms with van der Waals surface area (Å²) in [7, 11) is 0. The molecule has 1 aromatic heterocycles. The molecule has 1 heterocycles. The van der Waals surface area contributed by atoms with Crippen molar-refractivity contribution in [1.82, 2.24) is 4.57 Å². The Balaban J connectivity index is 2.30. The minimum absolute atomic E-state index is 0.0755. The van der Waals surface area contributed by atoms with Crippen molar-refractivity contribution >= 4 is 27.8 Å². The zero-order valence-electron chi connectivity index (χ0n) is 10.3. The molecular weight excluding hydrogens is 238 g/mol. The summed E-state index contributed by atoms with van der Waals surface area (Å²) in [5, 5.41) is 13.1. The van der Waals surface area contributed by atoms with E-state index in [9.17, 15) is 9.90 Å². The van der Waals surface area contributed by atoms with Gasteiger partial charge in [-0.1, -0.05) is 43.0 Å². The third-order valence-electron chi connectivity index (χ3n) is 3.32. The maximum atomic E-state index is 10.9. The van der Waals surface area contributed by atoms with Crippen LogP contribution in [-0.4, -0.2) is 10.5 Å². The minimum Gasteiger partial charge on any atom is -0.545 e. The predicted octanol–water partition coefficient (Wildman–Crippen LogP) is 2.10. The molecule has 0 fully saturated rings. The van der Waals surface area contributed by atoms with Gasteiger partial charge in [0.25, 0.3) is 0 Å². The predicted molar refractivity (Wildman–Crippen MR) is 73.6 cm³/mol. The lowest BCUT2D eigenvalue weighted by atomic mass is 10.2. The summed E-state index contributed by atoms with van der Waals surface area (Å²) in [5.74, 6) is -1.21. The lowest BCUT2D eigenvalue weighted by molar-refractivity contribution is -0.299. The fourth-order valence-electron chi connectivity index (χ4n) is 2.43. The third kappa shape index (κ3) is 1.80. The second kappa shape index (κ2) is 4.28. The van der Waals surface area contributed by atoms with Gasteiger partial charge in [-0.2, -0.15) is 0 Å². The Morgan fingerprint density at radius 1 is 1.00 bits per heavy atom. The fraction of sp³-hybridized carbons (Fsp3) is 0.0625. The molecule has 2 aromatic carbocycles. The van der Waals surface area contributed by atoms with E-state index in [1.165, 1.54) is 0 Å². The van der Waals surface area contributed by atoms with Crippen molar-refractivity contribution in [3.8, 4) is 0 Å². The first-order valence-corrected chi connectivity index (χ1v) is 6.03.